The second-order valence-corrected chi connectivity index (χ2v) is 6.57. The van der Waals surface area contributed by atoms with Crippen molar-refractivity contribution in [2.24, 2.45) is 0 Å². The van der Waals surface area contributed by atoms with Gasteiger partial charge in [0.05, 0.1) is 13.2 Å². The van der Waals surface area contributed by atoms with Crippen LogP contribution in [-0.4, -0.2) is 49.9 Å². The number of benzene rings is 1. The molecule has 0 amide bonds. The smallest absolute Gasteiger partial charge is 0.251 e. The van der Waals surface area contributed by atoms with E-state index in [0.717, 1.165) is 5.56 Å². The number of rotatable bonds is 4. The minimum Gasteiger partial charge on any atom is -0.351 e. The summed E-state index contributed by atoms with van der Waals surface area (Å²) in [4.78, 5) is 0. The minimum absolute atomic E-state index is 0.214. The van der Waals surface area contributed by atoms with Crippen molar-refractivity contribution in [2.75, 3.05) is 13.7 Å². The summed E-state index contributed by atoms with van der Waals surface area (Å²) < 4.78 is 35.7. The standard InChI is InChI=1S/C17H22O6/c1-16(2)22-13-12-10-20-17(14(13)23-16,15(18-3)21-12)19-9-11-7-5-4-6-8-11/h4-8,12-15H,9-10H2,1-3H3/t12-,13+,14+,15+,17-/m0/s1. The monoisotopic (exact) mass is 322 g/mol. The molecule has 0 unspecified atom stereocenters. The average Bonchev–Trinajstić information content (AvgIpc) is 2.91. The molecule has 0 N–H and O–H groups in total. The quantitative estimate of drug-likeness (QED) is 0.843. The van der Waals surface area contributed by atoms with Crippen molar-refractivity contribution in [3.05, 3.63) is 35.9 Å². The maximum atomic E-state index is 6.18. The summed E-state index contributed by atoms with van der Waals surface area (Å²) in [7, 11) is 1.58. The molecule has 1 aromatic rings. The topological polar surface area (TPSA) is 55.4 Å². The Morgan fingerprint density at radius 1 is 1.17 bits per heavy atom. The lowest BCUT2D eigenvalue weighted by atomic mass is 9.92. The van der Waals surface area contributed by atoms with E-state index >= 15 is 0 Å². The summed E-state index contributed by atoms with van der Waals surface area (Å²) in [6.45, 7) is 4.55. The first kappa shape index (κ1) is 15.5. The van der Waals surface area contributed by atoms with E-state index in [1.165, 1.54) is 0 Å². The van der Waals surface area contributed by atoms with E-state index in [-0.39, 0.29) is 12.2 Å². The van der Waals surface area contributed by atoms with Crippen molar-refractivity contribution in [3.63, 3.8) is 0 Å². The lowest BCUT2D eigenvalue weighted by Gasteiger charge is -2.53. The fourth-order valence-electron chi connectivity index (χ4n) is 3.52. The molecule has 4 fully saturated rings. The summed E-state index contributed by atoms with van der Waals surface area (Å²) in [5.74, 6) is -1.83. The van der Waals surface area contributed by atoms with E-state index in [2.05, 4.69) is 0 Å². The van der Waals surface area contributed by atoms with Crippen LogP contribution in [0.3, 0.4) is 0 Å². The van der Waals surface area contributed by atoms with Crippen LogP contribution in [0.25, 0.3) is 0 Å². The molecule has 6 nitrogen and oxygen atoms in total. The van der Waals surface area contributed by atoms with Crippen LogP contribution in [-0.2, 0) is 35.0 Å². The first-order valence-corrected chi connectivity index (χ1v) is 7.90. The molecule has 4 saturated heterocycles. The van der Waals surface area contributed by atoms with Crippen LogP contribution >= 0.6 is 0 Å². The van der Waals surface area contributed by atoms with Gasteiger partial charge in [0.2, 0.25) is 6.29 Å². The predicted molar refractivity (Wildman–Crippen MR) is 79.4 cm³/mol. The van der Waals surface area contributed by atoms with E-state index in [4.69, 9.17) is 28.4 Å². The van der Waals surface area contributed by atoms with Crippen LogP contribution in [0, 0.1) is 0 Å². The molecule has 2 bridgehead atoms. The molecule has 4 heterocycles. The molecule has 23 heavy (non-hydrogen) atoms. The summed E-state index contributed by atoms with van der Waals surface area (Å²) in [6, 6.07) is 9.92. The fourth-order valence-corrected chi connectivity index (χ4v) is 3.52. The molecule has 0 spiro atoms. The molecule has 5 rings (SSSR count). The molecule has 6 heteroatoms. The van der Waals surface area contributed by atoms with Gasteiger partial charge in [-0.25, -0.2) is 0 Å². The Balaban J connectivity index is 1.61. The van der Waals surface area contributed by atoms with E-state index in [1.54, 1.807) is 7.11 Å². The van der Waals surface area contributed by atoms with Gasteiger partial charge >= 0.3 is 0 Å². The first-order chi connectivity index (χ1) is 11.0. The van der Waals surface area contributed by atoms with Crippen molar-refractivity contribution in [2.45, 2.75) is 56.6 Å². The van der Waals surface area contributed by atoms with Crippen molar-refractivity contribution < 1.29 is 28.4 Å². The first-order valence-electron chi connectivity index (χ1n) is 7.90. The van der Waals surface area contributed by atoms with Crippen LogP contribution in [0.1, 0.15) is 19.4 Å². The second kappa shape index (κ2) is 5.51. The maximum absolute atomic E-state index is 6.18. The Morgan fingerprint density at radius 2 is 1.96 bits per heavy atom. The maximum Gasteiger partial charge on any atom is 0.251 e. The molecule has 5 atom stereocenters. The third-order valence-electron chi connectivity index (χ3n) is 4.51. The molecule has 0 radical (unpaired) electrons. The average molecular weight is 322 g/mol. The van der Waals surface area contributed by atoms with E-state index in [9.17, 15) is 0 Å². The summed E-state index contributed by atoms with van der Waals surface area (Å²) in [5, 5.41) is 0. The fraction of sp³-hybridized carbons (Fsp3) is 0.647. The molecule has 126 valence electrons. The third kappa shape index (κ3) is 2.50. The molecule has 0 aromatic heterocycles. The molecule has 0 aliphatic carbocycles. The van der Waals surface area contributed by atoms with Gasteiger partial charge in [-0.3, -0.25) is 0 Å². The van der Waals surface area contributed by atoms with Crippen LogP contribution in [0.15, 0.2) is 30.3 Å². The van der Waals surface area contributed by atoms with Gasteiger partial charge in [-0.15, -0.1) is 0 Å². The molecule has 0 saturated carbocycles. The minimum atomic E-state index is -1.13. The van der Waals surface area contributed by atoms with Gasteiger partial charge in [-0.2, -0.15) is 0 Å². The Hall–Kier alpha value is -1.02. The summed E-state index contributed by atoms with van der Waals surface area (Å²) >= 11 is 0. The van der Waals surface area contributed by atoms with Gasteiger partial charge in [0.25, 0.3) is 5.79 Å². The van der Waals surface area contributed by atoms with Gasteiger partial charge < -0.3 is 28.4 Å². The van der Waals surface area contributed by atoms with Crippen molar-refractivity contribution in [1.82, 2.24) is 0 Å². The number of ether oxygens (including phenoxy) is 6. The van der Waals surface area contributed by atoms with Gasteiger partial charge in [0.1, 0.15) is 18.3 Å². The zero-order valence-corrected chi connectivity index (χ0v) is 13.6. The van der Waals surface area contributed by atoms with Crippen LogP contribution < -0.4 is 0 Å². The highest BCUT2D eigenvalue weighted by Gasteiger charge is 2.69. The Bertz CT molecular complexity index is 561. The van der Waals surface area contributed by atoms with Crippen LogP contribution in [0.5, 0.6) is 0 Å². The molecular formula is C17H22O6. The van der Waals surface area contributed by atoms with Crippen LogP contribution in [0.4, 0.5) is 0 Å². The number of methoxy groups -OCH3 is 1. The van der Waals surface area contributed by atoms with Gasteiger partial charge in [0, 0.05) is 7.11 Å². The SMILES string of the molecule is CO[C@@H]1O[C@H]2CO[C@@]1(OCc1ccccc1)[C@@H]1OC(C)(C)O[C@H]21. The van der Waals surface area contributed by atoms with Gasteiger partial charge in [-0.1, -0.05) is 30.3 Å². The zero-order chi connectivity index (χ0) is 16.1. The van der Waals surface area contributed by atoms with E-state index < -0.39 is 24.0 Å². The number of hydrogen-bond donors (Lipinski definition) is 0. The number of fused-ring (bicyclic) bond motifs is 2. The van der Waals surface area contributed by atoms with Crippen molar-refractivity contribution in [1.29, 1.82) is 0 Å². The third-order valence-corrected chi connectivity index (χ3v) is 4.51. The highest BCUT2D eigenvalue weighted by atomic mass is 16.8. The molecule has 4 aliphatic rings. The lowest BCUT2D eigenvalue weighted by molar-refractivity contribution is -0.454. The second-order valence-electron chi connectivity index (χ2n) is 6.57. The predicted octanol–water partition coefficient (Wildman–Crippen LogP) is 1.82. The summed E-state index contributed by atoms with van der Waals surface area (Å²) in [6.07, 6.45) is -1.47. The normalized spacial score (nSPS) is 41.0. The lowest BCUT2D eigenvalue weighted by Crippen LogP contribution is -2.73. The molecule has 4 aliphatic heterocycles. The van der Waals surface area contributed by atoms with E-state index in [0.29, 0.717) is 13.2 Å². The highest BCUT2D eigenvalue weighted by molar-refractivity contribution is 5.14. The Labute approximate surface area is 135 Å². The molecular weight excluding hydrogens is 300 g/mol. The van der Waals surface area contributed by atoms with Gasteiger partial charge in [-0.05, 0) is 19.4 Å². The van der Waals surface area contributed by atoms with Crippen LogP contribution in [0.2, 0.25) is 0 Å². The molecule has 1 aromatic carbocycles. The van der Waals surface area contributed by atoms with Crippen molar-refractivity contribution >= 4 is 0 Å². The van der Waals surface area contributed by atoms with Crippen molar-refractivity contribution in [3.8, 4) is 0 Å². The Kier molecular flexibility index (Phi) is 3.72. The largest absolute Gasteiger partial charge is 0.351 e. The number of hydrogen-bond acceptors (Lipinski definition) is 6. The van der Waals surface area contributed by atoms with E-state index in [1.807, 2.05) is 44.2 Å². The van der Waals surface area contributed by atoms with Gasteiger partial charge in [0.15, 0.2) is 5.79 Å². The zero-order valence-electron chi connectivity index (χ0n) is 13.6. The Morgan fingerprint density at radius 3 is 2.70 bits per heavy atom. The highest BCUT2D eigenvalue weighted by Crippen LogP contribution is 2.48. The summed E-state index contributed by atoms with van der Waals surface area (Å²) in [5.41, 5.74) is 1.04.